The molecule has 3 heterocycles. The van der Waals surface area contributed by atoms with E-state index < -0.39 is 40.5 Å². The molecule has 1 aromatic heterocycles. The molecule has 4 atom stereocenters. The zero-order valence-corrected chi connectivity index (χ0v) is 37.4. The minimum absolute atomic E-state index is 0.0316. The number of aliphatic imine (C=N–C) groups is 1. The van der Waals surface area contributed by atoms with Gasteiger partial charge in [-0.1, -0.05) is 48.5 Å². The third-order valence-corrected chi connectivity index (χ3v) is 13.3. The Morgan fingerprint density at radius 2 is 1.72 bits per heavy atom. The maximum atomic E-state index is 14.3. The lowest BCUT2D eigenvalue weighted by molar-refractivity contribution is -0.173. The van der Waals surface area contributed by atoms with Crippen LogP contribution in [0.2, 0.25) is 0 Å². The predicted molar refractivity (Wildman–Crippen MR) is 242 cm³/mol. The Balaban J connectivity index is 1.05. The van der Waals surface area contributed by atoms with Crippen molar-refractivity contribution in [2.75, 3.05) is 13.1 Å². The van der Waals surface area contributed by atoms with Crippen LogP contribution in [0.3, 0.4) is 0 Å². The SMILES string of the molecule is CC(C)(C)OC(=O)NC(=Nc1ccc2[nH]c3c(c2c1)C[C@@]1(O)[C@H]2Cc4ccc(O)c5c4[C@@]1(CCN2CC1CC1)[C@H]3O5)N(Cc1cccc(OCc2ccccc2)c1)C(=O)OC(C)(C)C. The molecule has 334 valence electrons. The first-order valence-corrected chi connectivity index (χ1v) is 22.5. The van der Waals surface area contributed by atoms with Gasteiger partial charge in [-0.2, -0.15) is 0 Å². The first-order valence-electron chi connectivity index (χ1n) is 22.5. The fraction of sp³-hybridized carbons (Fsp3) is 0.431. The molecular weight excluding hydrogens is 811 g/mol. The molecular formula is C51H57N5O8. The first-order chi connectivity index (χ1) is 30.5. The van der Waals surface area contributed by atoms with Gasteiger partial charge in [0.15, 0.2) is 17.6 Å². The van der Waals surface area contributed by atoms with Crippen molar-refractivity contribution in [1.82, 2.24) is 20.1 Å². The molecule has 1 spiro atoms. The highest BCUT2D eigenvalue weighted by molar-refractivity contribution is 6.03. The van der Waals surface area contributed by atoms with E-state index in [0.29, 0.717) is 54.5 Å². The second-order valence-corrected chi connectivity index (χ2v) is 20.2. The van der Waals surface area contributed by atoms with Crippen LogP contribution in [0.5, 0.6) is 17.2 Å². The van der Waals surface area contributed by atoms with Crippen molar-refractivity contribution in [3.63, 3.8) is 0 Å². The molecule has 1 saturated carbocycles. The number of carbonyl (C=O) groups excluding carboxylic acids is 2. The molecule has 2 fully saturated rings. The number of aromatic amines is 1. The Morgan fingerprint density at radius 1 is 0.953 bits per heavy atom. The van der Waals surface area contributed by atoms with Crippen molar-refractivity contribution >= 4 is 34.7 Å². The van der Waals surface area contributed by atoms with Crippen LogP contribution in [-0.2, 0) is 40.9 Å². The average molecular weight is 868 g/mol. The third kappa shape index (κ3) is 7.51. The summed E-state index contributed by atoms with van der Waals surface area (Å²) in [6.45, 7) is 12.8. The molecule has 10 rings (SSSR count). The standard InChI is InChI=1S/C51H57N5O8/c1-48(2,3)63-46(58)54-45(56(47(59)64-49(4,5)6)28-32-13-10-14-35(23-32)61-29-31-11-8-7-9-12-31)52-34-18-19-38-36(25-34)37-26-51(60)40-24-33-17-20-39(57)43-41(33)50(51,44(62-43)42(37)53-38)21-22-55(40)27-30-15-16-30/h7-14,17-20,23,25,30,40,44,53,57,60H,15-16,21-22,24,26-29H2,1-6H3,(H,52,54,58)/t40-,44+,50+,51-/m1/s1. The summed E-state index contributed by atoms with van der Waals surface area (Å²) in [5.74, 6) is 1.71. The van der Waals surface area contributed by atoms with E-state index in [4.69, 9.17) is 23.9 Å². The highest BCUT2D eigenvalue weighted by Gasteiger charge is 2.73. The third-order valence-electron chi connectivity index (χ3n) is 13.3. The minimum Gasteiger partial charge on any atom is -0.504 e. The van der Waals surface area contributed by atoms with Gasteiger partial charge in [0.2, 0.25) is 5.96 Å². The van der Waals surface area contributed by atoms with Crippen molar-refractivity contribution < 1.29 is 38.7 Å². The second-order valence-electron chi connectivity index (χ2n) is 20.2. The summed E-state index contributed by atoms with van der Waals surface area (Å²) < 4.78 is 24.6. The molecule has 1 saturated heterocycles. The van der Waals surface area contributed by atoms with Gasteiger partial charge in [0.25, 0.3) is 0 Å². The Kier molecular flexibility index (Phi) is 10.0. The van der Waals surface area contributed by atoms with Crippen molar-refractivity contribution in [3.8, 4) is 17.2 Å². The Morgan fingerprint density at radius 3 is 2.47 bits per heavy atom. The van der Waals surface area contributed by atoms with Crippen LogP contribution in [0.1, 0.15) is 100 Å². The lowest BCUT2D eigenvalue weighted by Crippen LogP contribution is -2.74. The van der Waals surface area contributed by atoms with Gasteiger partial charge >= 0.3 is 12.2 Å². The number of guanidine groups is 1. The quantitative estimate of drug-likeness (QED) is 0.0882. The molecule has 4 N–H and O–H groups in total. The monoisotopic (exact) mass is 867 g/mol. The molecule has 13 nitrogen and oxygen atoms in total. The molecule has 2 bridgehead atoms. The van der Waals surface area contributed by atoms with Crippen LogP contribution in [0.15, 0.2) is 89.9 Å². The molecule has 3 aliphatic carbocycles. The Hall–Kier alpha value is -6.05. The highest BCUT2D eigenvalue weighted by atomic mass is 16.6. The normalized spacial score (nSPS) is 23.5. The molecule has 5 aliphatic rings. The summed E-state index contributed by atoms with van der Waals surface area (Å²) in [6, 6.07) is 26.5. The maximum absolute atomic E-state index is 14.3. The number of nitrogens with zero attached hydrogens (tertiary/aromatic N) is 3. The van der Waals surface area contributed by atoms with Gasteiger partial charge < -0.3 is 34.1 Å². The average Bonchev–Trinajstić information content (AvgIpc) is 3.88. The number of aliphatic hydroxyl groups is 1. The number of benzene rings is 4. The number of rotatable bonds is 8. The number of H-pyrrole nitrogens is 1. The highest BCUT2D eigenvalue weighted by Crippen LogP contribution is 2.69. The van der Waals surface area contributed by atoms with Crippen LogP contribution in [0.25, 0.3) is 10.9 Å². The lowest BCUT2D eigenvalue weighted by Gasteiger charge is -2.62. The van der Waals surface area contributed by atoms with Gasteiger partial charge in [-0.25, -0.2) is 19.5 Å². The van der Waals surface area contributed by atoms with E-state index in [0.717, 1.165) is 51.9 Å². The summed E-state index contributed by atoms with van der Waals surface area (Å²) in [5.41, 5.74) is 3.21. The number of phenolic OH excluding ortho intramolecular Hbond substituents is 1. The number of aromatic hydroxyl groups is 1. The number of piperidine rings is 1. The number of aromatic nitrogens is 1. The molecule has 13 heteroatoms. The molecule has 2 aliphatic heterocycles. The van der Waals surface area contributed by atoms with Crippen LogP contribution in [0.4, 0.5) is 15.3 Å². The number of alkyl carbamates (subject to hydrolysis) is 1. The number of nitrogens with one attached hydrogen (secondary N) is 2. The van der Waals surface area contributed by atoms with Gasteiger partial charge in [0, 0.05) is 35.5 Å². The predicted octanol–water partition coefficient (Wildman–Crippen LogP) is 9.10. The smallest absolute Gasteiger partial charge is 0.417 e. The van der Waals surface area contributed by atoms with E-state index in [1.54, 1.807) is 47.6 Å². The molecule has 5 aromatic rings. The van der Waals surface area contributed by atoms with Crippen LogP contribution in [-0.4, -0.2) is 79.1 Å². The number of carbonyl (C=O) groups is 2. The molecule has 4 aromatic carbocycles. The van der Waals surface area contributed by atoms with Gasteiger partial charge in [-0.15, -0.1) is 0 Å². The molecule has 2 amide bonds. The van der Waals surface area contributed by atoms with Crippen LogP contribution in [0, 0.1) is 5.92 Å². The van der Waals surface area contributed by atoms with Gasteiger partial charge in [-0.05, 0) is 138 Å². The summed E-state index contributed by atoms with van der Waals surface area (Å²) in [5, 5.41) is 28.3. The lowest BCUT2D eigenvalue weighted by atomic mass is 9.49. The van der Waals surface area contributed by atoms with Crippen molar-refractivity contribution in [2.24, 2.45) is 10.9 Å². The van der Waals surface area contributed by atoms with Crippen molar-refractivity contribution in [1.29, 1.82) is 0 Å². The zero-order valence-electron chi connectivity index (χ0n) is 37.4. The Bertz CT molecular complexity index is 2680. The van der Waals surface area contributed by atoms with E-state index in [1.165, 1.54) is 17.7 Å². The van der Waals surface area contributed by atoms with Crippen molar-refractivity contribution in [2.45, 2.75) is 121 Å². The van der Waals surface area contributed by atoms with E-state index in [2.05, 4.69) is 15.2 Å². The number of amides is 2. The van der Waals surface area contributed by atoms with Crippen LogP contribution >= 0.6 is 0 Å². The molecule has 0 unspecified atom stereocenters. The molecule has 64 heavy (non-hydrogen) atoms. The van der Waals surface area contributed by atoms with Crippen LogP contribution < -0.4 is 14.8 Å². The number of phenols is 1. The van der Waals surface area contributed by atoms with Gasteiger partial charge in [0.05, 0.1) is 28.9 Å². The fourth-order valence-electron chi connectivity index (χ4n) is 10.6. The maximum Gasteiger partial charge on any atom is 0.417 e. The fourth-order valence-corrected chi connectivity index (χ4v) is 10.6. The minimum atomic E-state index is -1.19. The Labute approximate surface area is 373 Å². The second kappa shape index (κ2) is 15.3. The van der Waals surface area contributed by atoms with Gasteiger partial charge in [-0.3, -0.25) is 10.2 Å². The van der Waals surface area contributed by atoms with E-state index >= 15 is 0 Å². The summed E-state index contributed by atoms with van der Waals surface area (Å²) in [7, 11) is 0. The van der Waals surface area contributed by atoms with Gasteiger partial charge in [0.1, 0.15) is 23.6 Å². The first kappa shape index (κ1) is 41.9. The van der Waals surface area contributed by atoms with Crippen molar-refractivity contribution in [3.05, 3.63) is 118 Å². The summed E-state index contributed by atoms with van der Waals surface area (Å²) in [6.07, 6.45) is 2.09. The largest absolute Gasteiger partial charge is 0.504 e. The number of hydrogen-bond acceptors (Lipinski definition) is 10. The van der Waals surface area contributed by atoms with E-state index in [-0.39, 0.29) is 24.3 Å². The number of likely N-dealkylation sites (tertiary alicyclic amines) is 1. The number of hydrogen-bond donors (Lipinski definition) is 4. The number of ether oxygens (including phenoxy) is 4. The molecule has 0 radical (unpaired) electrons. The number of fused-ring (bicyclic) bond motifs is 4. The van der Waals surface area contributed by atoms with E-state index in [1.807, 2.05) is 78.9 Å². The summed E-state index contributed by atoms with van der Waals surface area (Å²) in [4.78, 5) is 40.3. The zero-order chi connectivity index (χ0) is 44.8. The topological polar surface area (TPSA) is 158 Å². The van der Waals surface area contributed by atoms with E-state index in [9.17, 15) is 19.8 Å². The summed E-state index contributed by atoms with van der Waals surface area (Å²) >= 11 is 0.